The lowest BCUT2D eigenvalue weighted by Gasteiger charge is -2.11. The number of carbonyl (C=O) groups excluding carboxylic acids is 2. The highest BCUT2D eigenvalue weighted by molar-refractivity contribution is 6.32. The minimum absolute atomic E-state index is 0.0164. The van der Waals surface area contributed by atoms with Gasteiger partial charge in [-0.1, -0.05) is 11.6 Å². The molecule has 1 N–H and O–H groups in total. The van der Waals surface area contributed by atoms with E-state index < -0.39 is 22.5 Å². The van der Waals surface area contributed by atoms with Crippen LogP contribution in [-0.2, 0) is 4.74 Å². The number of nitro benzene ring substituents is 1. The molecule has 25 heavy (non-hydrogen) atoms. The van der Waals surface area contributed by atoms with Gasteiger partial charge in [0.2, 0.25) is 0 Å². The molecule has 1 amide bonds. The smallest absolute Gasteiger partial charge is 0.340 e. The highest BCUT2D eigenvalue weighted by atomic mass is 35.5. The van der Waals surface area contributed by atoms with Crippen LogP contribution < -0.4 is 10.1 Å². The molecule has 130 valence electrons. The summed E-state index contributed by atoms with van der Waals surface area (Å²) in [4.78, 5) is 34.5. The lowest BCUT2D eigenvalue weighted by molar-refractivity contribution is -0.384. The molecule has 0 aliphatic rings. The number of hydrogen-bond acceptors (Lipinski definition) is 6. The summed E-state index contributed by atoms with van der Waals surface area (Å²) >= 11 is 5.73. The molecule has 0 aliphatic carbocycles. The van der Waals surface area contributed by atoms with E-state index in [1.807, 2.05) is 0 Å². The first-order valence-corrected chi connectivity index (χ1v) is 7.26. The summed E-state index contributed by atoms with van der Waals surface area (Å²) in [7, 11) is 2.64. The van der Waals surface area contributed by atoms with E-state index in [2.05, 4.69) is 10.1 Å². The molecule has 2 aromatic carbocycles. The fraction of sp³-hybridized carbons (Fsp3) is 0.125. The molecule has 0 saturated carbocycles. The van der Waals surface area contributed by atoms with Crippen LogP contribution in [0.3, 0.4) is 0 Å². The molecular formula is C16H13ClN2O6. The number of anilines is 1. The Kier molecular flexibility index (Phi) is 5.56. The number of benzene rings is 2. The third-order valence-corrected chi connectivity index (χ3v) is 3.60. The normalized spacial score (nSPS) is 10.0. The topological polar surface area (TPSA) is 108 Å². The van der Waals surface area contributed by atoms with E-state index in [4.69, 9.17) is 16.3 Å². The van der Waals surface area contributed by atoms with Crippen molar-refractivity contribution in [3.05, 3.63) is 62.7 Å². The number of carbonyl (C=O) groups is 2. The predicted octanol–water partition coefficient (Wildman–Crippen LogP) is 3.30. The van der Waals surface area contributed by atoms with E-state index in [-0.39, 0.29) is 21.8 Å². The zero-order chi connectivity index (χ0) is 18.6. The molecule has 0 saturated heterocycles. The molecule has 0 heterocycles. The van der Waals surface area contributed by atoms with Gasteiger partial charge in [0.25, 0.3) is 11.6 Å². The molecule has 2 aromatic rings. The average molecular weight is 365 g/mol. The molecular weight excluding hydrogens is 352 g/mol. The summed E-state index contributed by atoms with van der Waals surface area (Å²) in [5.74, 6) is -0.910. The van der Waals surface area contributed by atoms with Gasteiger partial charge in [0.05, 0.1) is 30.4 Å². The second kappa shape index (κ2) is 7.63. The number of ether oxygens (including phenoxy) is 2. The Bertz CT molecular complexity index is 853. The van der Waals surface area contributed by atoms with Gasteiger partial charge in [0.15, 0.2) is 0 Å². The zero-order valence-corrected chi connectivity index (χ0v) is 14.0. The number of nitro groups is 1. The van der Waals surface area contributed by atoms with Crippen molar-refractivity contribution < 1.29 is 24.0 Å². The third-order valence-electron chi connectivity index (χ3n) is 3.29. The number of rotatable bonds is 5. The average Bonchev–Trinajstić information content (AvgIpc) is 2.61. The van der Waals surface area contributed by atoms with Gasteiger partial charge in [-0.05, 0) is 30.3 Å². The van der Waals surface area contributed by atoms with Crippen molar-refractivity contribution in [2.45, 2.75) is 0 Å². The maximum absolute atomic E-state index is 12.4. The maximum Gasteiger partial charge on any atom is 0.340 e. The largest absolute Gasteiger partial charge is 0.497 e. The van der Waals surface area contributed by atoms with Crippen molar-refractivity contribution in [1.29, 1.82) is 0 Å². The van der Waals surface area contributed by atoms with Crippen molar-refractivity contribution in [3.63, 3.8) is 0 Å². The summed E-state index contributed by atoms with van der Waals surface area (Å²) in [5.41, 5.74) is -0.117. The van der Waals surface area contributed by atoms with E-state index in [1.54, 1.807) is 6.07 Å². The van der Waals surface area contributed by atoms with Crippen LogP contribution >= 0.6 is 11.6 Å². The molecule has 2 rings (SSSR count). The van der Waals surface area contributed by atoms with Crippen LogP contribution in [0.5, 0.6) is 5.75 Å². The van der Waals surface area contributed by atoms with E-state index in [9.17, 15) is 19.7 Å². The van der Waals surface area contributed by atoms with Crippen molar-refractivity contribution >= 4 is 34.9 Å². The number of esters is 1. The number of hydrogen-bond donors (Lipinski definition) is 1. The van der Waals surface area contributed by atoms with Gasteiger partial charge in [-0.3, -0.25) is 14.9 Å². The van der Waals surface area contributed by atoms with Crippen LogP contribution in [0.15, 0.2) is 36.4 Å². The van der Waals surface area contributed by atoms with Crippen molar-refractivity contribution in [3.8, 4) is 5.75 Å². The van der Waals surface area contributed by atoms with Crippen LogP contribution in [0.2, 0.25) is 5.02 Å². The molecule has 9 heteroatoms. The van der Waals surface area contributed by atoms with Crippen LogP contribution in [-0.4, -0.2) is 31.0 Å². The summed E-state index contributed by atoms with van der Waals surface area (Å²) in [6.07, 6.45) is 0. The maximum atomic E-state index is 12.4. The molecule has 0 radical (unpaired) electrons. The fourth-order valence-electron chi connectivity index (χ4n) is 2.03. The van der Waals surface area contributed by atoms with E-state index in [0.717, 1.165) is 6.07 Å². The minimum Gasteiger partial charge on any atom is -0.497 e. The van der Waals surface area contributed by atoms with Gasteiger partial charge in [-0.2, -0.15) is 0 Å². The van der Waals surface area contributed by atoms with E-state index >= 15 is 0 Å². The Balaban J connectivity index is 2.36. The van der Waals surface area contributed by atoms with Gasteiger partial charge in [-0.15, -0.1) is 0 Å². The quantitative estimate of drug-likeness (QED) is 0.495. The molecule has 0 fully saturated rings. The number of amides is 1. The molecule has 0 unspecified atom stereocenters. The zero-order valence-electron chi connectivity index (χ0n) is 13.2. The molecule has 8 nitrogen and oxygen atoms in total. The summed E-state index contributed by atoms with van der Waals surface area (Å²) in [6.45, 7) is 0. The molecule has 0 aromatic heterocycles. The second-order valence-electron chi connectivity index (χ2n) is 4.78. The van der Waals surface area contributed by atoms with Crippen molar-refractivity contribution in [2.75, 3.05) is 19.5 Å². The predicted molar refractivity (Wildman–Crippen MR) is 90.4 cm³/mol. The number of nitrogens with zero attached hydrogens (tertiary/aromatic N) is 1. The van der Waals surface area contributed by atoms with Crippen LogP contribution in [0.4, 0.5) is 11.4 Å². The van der Waals surface area contributed by atoms with E-state index in [1.165, 1.54) is 38.5 Å². The first-order chi connectivity index (χ1) is 11.9. The van der Waals surface area contributed by atoms with E-state index in [0.29, 0.717) is 5.75 Å². The fourth-order valence-corrected chi connectivity index (χ4v) is 2.21. The van der Waals surface area contributed by atoms with Gasteiger partial charge in [0, 0.05) is 11.6 Å². The molecule has 0 spiro atoms. The van der Waals surface area contributed by atoms with Crippen LogP contribution in [0.25, 0.3) is 0 Å². The van der Waals surface area contributed by atoms with Crippen molar-refractivity contribution in [1.82, 2.24) is 0 Å². The monoisotopic (exact) mass is 364 g/mol. The Labute approximate surface area is 147 Å². The van der Waals surface area contributed by atoms with Gasteiger partial charge in [0.1, 0.15) is 10.8 Å². The Hall–Kier alpha value is -3.13. The molecule has 0 bridgehead atoms. The van der Waals surface area contributed by atoms with Gasteiger partial charge >= 0.3 is 5.97 Å². The minimum atomic E-state index is -0.688. The van der Waals surface area contributed by atoms with Gasteiger partial charge in [-0.25, -0.2) is 4.79 Å². The number of nitrogens with one attached hydrogen (secondary N) is 1. The third kappa shape index (κ3) is 4.04. The lowest BCUT2D eigenvalue weighted by Crippen LogP contribution is -2.15. The second-order valence-corrected chi connectivity index (χ2v) is 5.19. The first kappa shape index (κ1) is 18.2. The molecule has 0 aliphatic heterocycles. The summed E-state index contributed by atoms with van der Waals surface area (Å²) in [5, 5.41) is 13.4. The molecule has 0 atom stereocenters. The Morgan fingerprint density at radius 3 is 2.48 bits per heavy atom. The van der Waals surface area contributed by atoms with Crippen LogP contribution in [0, 0.1) is 10.1 Å². The van der Waals surface area contributed by atoms with Crippen molar-refractivity contribution in [2.24, 2.45) is 0 Å². The highest BCUT2D eigenvalue weighted by Gasteiger charge is 2.19. The summed E-state index contributed by atoms with van der Waals surface area (Å²) < 4.78 is 9.72. The number of methoxy groups -OCH3 is 2. The first-order valence-electron chi connectivity index (χ1n) is 6.89. The summed E-state index contributed by atoms with van der Waals surface area (Å²) in [6, 6.07) is 8.07. The standard InChI is InChI=1S/C16H13ClN2O6/c1-24-10-4-6-13(11(8-10)16(21)25-2)18-15(20)9-3-5-12(17)14(7-9)19(22)23/h3-8H,1-2H3,(H,18,20). The van der Waals surface area contributed by atoms with Gasteiger partial charge < -0.3 is 14.8 Å². The highest BCUT2D eigenvalue weighted by Crippen LogP contribution is 2.27. The van der Waals surface area contributed by atoms with Crippen LogP contribution in [0.1, 0.15) is 20.7 Å². The lowest BCUT2D eigenvalue weighted by atomic mass is 10.1. The SMILES string of the molecule is COC(=O)c1cc(OC)ccc1NC(=O)c1ccc(Cl)c([N+](=O)[O-])c1. The number of halogens is 1. The Morgan fingerprint density at radius 2 is 1.88 bits per heavy atom. The Morgan fingerprint density at radius 1 is 1.16 bits per heavy atom.